The maximum atomic E-state index is 9.05. The third-order valence-electron chi connectivity index (χ3n) is 2.23. The van der Waals surface area contributed by atoms with Crippen molar-refractivity contribution in [1.82, 2.24) is 0 Å². The van der Waals surface area contributed by atoms with Crippen molar-refractivity contribution in [3.8, 4) is 0 Å². The predicted molar refractivity (Wildman–Crippen MR) is 61.2 cm³/mol. The lowest BCUT2D eigenvalue weighted by Crippen LogP contribution is -2.29. The number of hydrogen-bond donors (Lipinski definition) is 1. The second-order valence-corrected chi connectivity index (χ2v) is 4.50. The monoisotopic (exact) mass is 232 g/mol. The number of aryl methyl sites for hydroxylation is 1. The number of aliphatic hydroxyl groups excluding tert-OH is 1. The van der Waals surface area contributed by atoms with Crippen molar-refractivity contribution in [1.29, 1.82) is 0 Å². The number of aliphatic hydroxyl groups is 1. The molecule has 1 N–H and O–H groups in total. The molecule has 1 rings (SSSR count). The van der Waals surface area contributed by atoms with Gasteiger partial charge in [0.2, 0.25) is 0 Å². The molecule has 14 heavy (non-hydrogen) atoms. The first kappa shape index (κ1) is 11.8. The van der Waals surface area contributed by atoms with Crippen LogP contribution in [0.3, 0.4) is 0 Å². The van der Waals surface area contributed by atoms with E-state index in [4.69, 9.17) is 28.3 Å². The largest absolute Gasteiger partial charge is 0.394 e. The molecule has 1 atom stereocenters. The Morgan fingerprint density at radius 2 is 1.86 bits per heavy atom. The molecular weight excluding hydrogens is 219 g/mol. The highest BCUT2D eigenvalue weighted by Crippen LogP contribution is 2.23. The van der Waals surface area contributed by atoms with Gasteiger partial charge in [-0.15, -0.1) is 23.2 Å². The zero-order chi connectivity index (χ0) is 10.4. The zero-order valence-electron chi connectivity index (χ0n) is 7.92. The van der Waals surface area contributed by atoms with Crippen molar-refractivity contribution in [3.05, 3.63) is 35.9 Å². The van der Waals surface area contributed by atoms with Gasteiger partial charge in [0, 0.05) is 5.88 Å². The molecule has 0 saturated heterocycles. The van der Waals surface area contributed by atoms with Gasteiger partial charge in [-0.3, -0.25) is 0 Å². The fourth-order valence-electron chi connectivity index (χ4n) is 1.20. The van der Waals surface area contributed by atoms with Crippen LogP contribution < -0.4 is 0 Å². The molecule has 0 saturated carbocycles. The Kier molecular flexibility index (Phi) is 4.73. The van der Waals surface area contributed by atoms with Crippen LogP contribution in [0.15, 0.2) is 30.3 Å². The SMILES string of the molecule is OC[C@](Cl)(CCl)CCc1ccccc1. The Labute approximate surface area is 94.7 Å². The normalized spacial score (nSPS) is 15.1. The first-order valence-corrected chi connectivity index (χ1v) is 5.51. The van der Waals surface area contributed by atoms with Crippen LogP contribution in [0, 0.1) is 0 Å². The standard InChI is InChI=1S/C11H14Cl2O/c12-8-11(13,9-14)7-6-10-4-2-1-3-5-10/h1-5,14H,6-9H2/t11-/m1/s1. The maximum Gasteiger partial charge on any atom is 0.0814 e. The lowest BCUT2D eigenvalue weighted by atomic mass is 10.0. The lowest BCUT2D eigenvalue weighted by Gasteiger charge is -2.21. The molecule has 0 heterocycles. The summed E-state index contributed by atoms with van der Waals surface area (Å²) in [7, 11) is 0. The van der Waals surface area contributed by atoms with Gasteiger partial charge in [-0.05, 0) is 18.4 Å². The second-order valence-electron chi connectivity index (χ2n) is 3.43. The summed E-state index contributed by atoms with van der Waals surface area (Å²) in [6.07, 6.45) is 1.54. The minimum atomic E-state index is -0.669. The van der Waals surface area contributed by atoms with Crippen LogP contribution in [0.4, 0.5) is 0 Å². The summed E-state index contributed by atoms with van der Waals surface area (Å²) in [5, 5.41) is 9.05. The van der Waals surface area contributed by atoms with Gasteiger partial charge in [0.25, 0.3) is 0 Å². The molecule has 1 aromatic rings. The summed E-state index contributed by atoms with van der Waals surface area (Å²) < 4.78 is 0. The molecule has 0 aliphatic heterocycles. The smallest absolute Gasteiger partial charge is 0.0814 e. The zero-order valence-corrected chi connectivity index (χ0v) is 9.43. The van der Waals surface area contributed by atoms with Crippen molar-refractivity contribution in [2.75, 3.05) is 12.5 Å². The third kappa shape index (κ3) is 3.49. The van der Waals surface area contributed by atoms with Gasteiger partial charge >= 0.3 is 0 Å². The van der Waals surface area contributed by atoms with Crippen LogP contribution in [-0.2, 0) is 6.42 Å². The highest BCUT2D eigenvalue weighted by atomic mass is 35.5. The molecule has 78 valence electrons. The molecule has 0 unspecified atom stereocenters. The Morgan fingerprint density at radius 1 is 1.21 bits per heavy atom. The van der Waals surface area contributed by atoms with Gasteiger partial charge in [0.1, 0.15) is 0 Å². The summed E-state index contributed by atoms with van der Waals surface area (Å²) in [6, 6.07) is 10.0. The van der Waals surface area contributed by atoms with E-state index in [2.05, 4.69) is 0 Å². The minimum Gasteiger partial charge on any atom is -0.394 e. The van der Waals surface area contributed by atoms with Crippen molar-refractivity contribution in [3.63, 3.8) is 0 Å². The van der Waals surface area contributed by atoms with Gasteiger partial charge in [-0.25, -0.2) is 0 Å². The molecule has 0 bridgehead atoms. The number of benzene rings is 1. The van der Waals surface area contributed by atoms with E-state index in [1.54, 1.807) is 0 Å². The van der Waals surface area contributed by atoms with Gasteiger partial charge < -0.3 is 5.11 Å². The summed E-state index contributed by atoms with van der Waals surface area (Å²) in [6.45, 7) is -0.0785. The summed E-state index contributed by atoms with van der Waals surface area (Å²) in [5.41, 5.74) is 1.22. The molecule has 0 amide bonds. The van der Waals surface area contributed by atoms with Gasteiger partial charge in [-0.2, -0.15) is 0 Å². The van der Waals surface area contributed by atoms with Crippen LogP contribution >= 0.6 is 23.2 Å². The summed E-state index contributed by atoms with van der Waals surface area (Å²) >= 11 is 11.8. The van der Waals surface area contributed by atoms with Crippen molar-refractivity contribution in [2.24, 2.45) is 0 Å². The average molecular weight is 233 g/mol. The lowest BCUT2D eigenvalue weighted by molar-refractivity contribution is 0.248. The Balaban J connectivity index is 2.48. The first-order chi connectivity index (χ1) is 6.70. The second kappa shape index (κ2) is 5.59. The number of hydrogen-bond acceptors (Lipinski definition) is 1. The molecular formula is C11H14Cl2O. The highest BCUT2D eigenvalue weighted by molar-refractivity contribution is 6.30. The number of halogens is 2. The molecule has 0 aromatic heterocycles. The van der Waals surface area contributed by atoms with Gasteiger partial charge in [-0.1, -0.05) is 30.3 Å². The molecule has 0 spiro atoms. The van der Waals surface area contributed by atoms with Crippen molar-refractivity contribution < 1.29 is 5.11 Å². The molecule has 0 fully saturated rings. The highest BCUT2D eigenvalue weighted by Gasteiger charge is 2.24. The molecule has 0 aliphatic carbocycles. The van der Waals surface area contributed by atoms with E-state index in [0.29, 0.717) is 6.42 Å². The number of alkyl halides is 2. The Bertz CT molecular complexity index is 257. The fraction of sp³-hybridized carbons (Fsp3) is 0.455. The Hall–Kier alpha value is -0.240. The summed E-state index contributed by atoms with van der Waals surface area (Å²) in [5.74, 6) is 0.276. The van der Waals surface area contributed by atoms with Crippen LogP contribution in [0.1, 0.15) is 12.0 Å². The third-order valence-corrected chi connectivity index (χ3v) is 3.32. The van der Waals surface area contributed by atoms with E-state index < -0.39 is 4.87 Å². The first-order valence-electron chi connectivity index (χ1n) is 4.60. The topological polar surface area (TPSA) is 20.2 Å². The van der Waals surface area contributed by atoms with Crippen molar-refractivity contribution in [2.45, 2.75) is 17.7 Å². The van der Waals surface area contributed by atoms with E-state index in [9.17, 15) is 0 Å². The van der Waals surface area contributed by atoms with E-state index >= 15 is 0 Å². The van der Waals surface area contributed by atoms with Crippen LogP contribution in [0.2, 0.25) is 0 Å². The quantitative estimate of drug-likeness (QED) is 0.775. The average Bonchev–Trinajstić information content (AvgIpc) is 2.27. The van der Waals surface area contributed by atoms with Gasteiger partial charge in [0.05, 0.1) is 11.5 Å². The van der Waals surface area contributed by atoms with E-state index in [0.717, 1.165) is 6.42 Å². The van der Waals surface area contributed by atoms with E-state index in [1.807, 2.05) is 30.3 Å². The maximum absolute atomic E-state index is 9.05. The predicted octanol–water partition coefficient (Wildman–Crippen LogP) is 2.83. The minimum absolute atomic E-state index is 0.0785. The Morgan fingerprint density at radius 3 is 2.36 bits per heavy atom. The summed E-state index contributed by atoms with van der Waals surface area (Å²) in [4.78, 5) is -0.669. The van der Waals surface area contributed by atoms with Crippen LogP contribution in [-0.4, -0.2) is 22.5 Å². The number of rotatable bonds is 5. The molecule has 0 aliphatic rings. The molecule has 1 aromatic carbocycles. The fourth-order valence-corrected chi connectivity index (χ4v) is 1.51. The van der Waals surface area contributed by atoms with E-state index in [-0.39, 0.29) is 12.5 Å². The molecule has 3 heteroatoms. The van der Waals surface area contributed by atoms with Crippen LogP contribution in [0.5, 0.6) is 0 Å². The van der Waals surface area contributed by atoms with Gasteiger partial charge in [0.15, 0.2) is 0 Å². The van der Waals surface area contributed by atoms with Crippen molar-refractivity contribution >= 4 is 23.2 Å². The molecule has 0 radical (unpaired) electrons. The molecule has 1 nitrogen and oxygen atoms in total. The van der Waals surface area contributed by atoms with Crippen LogP contribution in [0.25, 0.3) is 0 Å². The van der Waals surface area contributed by atoms with E-state index in [1.165, 1.54) is 5.56 Å².